The molecule has 0 spiro atoms. The first-order chi connectivity index (χ1) is 24.8. The van der Waals surface area contributed by atoms with Crippen LogP contribution in [-0.2, 0) is 27.8 Å². The monoisotopic (exact) mass is 727 g/mol. The molecule has 0 aromatic heterocycles. The summed E-state index contributed by atoms with van der Waals surface area (Å²) >= 11 is 0. The van der Waals surface area contributed by atoms with Crippen LogP contribution >= 0.6 is 0 Å². The molecule has 274 valence electrons. The molecule has 0 aliphatic carbocycles. The van der Waals surface area contributed by atoms with Crippen molar-refractivity contribution in [3.63, 3.8) is 0 Å². The average molecular weight is 728 g/mol. The van der Waals surface area contributed by atoms with Gasteiger partial charge >= 0.3 is 0 Å². The maximum absolute atomic E-state index is 14.1. The lowest BCUT2D eigenvalue weighted by Crippen LogP contribution is -2.63. The van der Waals surface area contributed by atoms with E-state index in [-0.39, 0.29) is 35.2 Å². The highest BCUT2D eigenvalue weighted by atomic mass is 32.2. The number of aliphatic hydroxyl groups is 1. The van der Waals surface area contributed by atoms with Crippen LogP contribution < -0.4 is 25.0 Å². The number of ether oxygens (including phenoxy) is 1. The molecule has 12 nitrogen and oxygen atoms in total. The van der Waals surface area contributed by atoms with Crippen LogP contribution in [0.15, 0.2) is 103 Å². The minimum atomic E-state index is -3.76. The first-order valence-corrected chi connectivity index (χ1v) is 18.8. The topological polar surface area (TPSA) is 157 Å². The molecule has 13 heteroatoms. The van der Waals surface area contributed by atoms with E-state index in [0.29, 0.717) is 25.4 Å². The molecule has 1 aliphatic heterocycles. The number of carbonyl (C=O) groups is 3. The number of anilines is 1. The Morgan fingerprint density at radius 1 is 0.923 bits per heavy atom. The number of piperazine rings is 1. The van der Waals surface area contributed by atoms with E-state index in [1.54, 1.807) is 12.0 Å². The van der Waals surface area contributed by atoms with E-state index < -0.39 is 40.0 Å². The van der Waals surface area contributed by atoms with Crippen molar-refractivity contribution in [2.75, 3.05) is 37.8 Å². The first-order valence-electron chi connectivity index (χ1n) is 17.0. The number of aliphatic hydroxyl groups excluding tert-OH is 1. The smallest absolute Gasteiger partial charge is 0.251 e. The number of nitrogens with one attached hydrogen (secondary N) is 3. The molecular formula is C39H45N5O7S. The highest BCUT2D eigenvalue weighted by Gasteiger charge is 2.38. The van der Waals surface area contributed by atoms with Crippen LogP contribution in [-0.4, -0.2) is 87.8 Å². The minimum absolute atomic E-state index is 0.000150. The van der Waals surface area contributed by atoms with Gasteiger partial charge in [-0.05, 0) is 60.4 Å². The lowest BCUT2D eigenvalue weighted by atomic mass is 9.94. The van der Waals surface area contributed by atoms with Gasteiger partial charge < -0.3 is 30.7 Å². The second-order valence-electron chi connectivity index (χ2n) is 12.9. The summed E-state index contributed by atoms with van der Waals surface area (Å²) in [6.45, 7) is 3.01. The number of hydrogen-bond donors (Lipinski definition) is 4. The lowest BCUT2D eigenvalue weighted by molar-refractivity contribution is -0.140. The lowest BCUT2D eigenvalue weighted by Gasteiger charge is -2.38. The zero-order chi connectivity index (χ0) is 37.4. The Labute approximate surface area is 304 Å². The van der Waals surface area contributed by atoms with E-state index in [1.165, 1.54) is 25.2 Å². The Balaban J connectivity index is 1.42. The van der Waals surface area contributed by atoms with E-state index in [9.17, 15) is 27.9 Å². The summed E-state index contributed by atoms with van der Waals surface area (Å²) in [5.74, 6) is -0.785. The van der Waals surface area contributed by atoms with Gasteiger partial charge in [0.1, 0.15) is 11.8 Å². The molecule has 4 aromatic rings. The fourth-order valence-corrected chi connectivity index (χ4v) is 6.57. The Morgan fingerprint density at radius 3 is 2.12 bits per heavy atom. The predicted molar refractivity (Wildman–Crippen MR) is 200 cm³/mol. The van der Waals surface area contributed by atoms with Crippen LogP contribution in [0.3, 0.4) is 0 Å². The van der Waals surface area contributed by atoms with Crippen LogP contribution in [0.4, 0.5) is 5.69 Å². The molecule has 4 aromatic carbocycles. The number of nitrogens with zero attached hydrogens (tertiary/aromatic N) is 2. The zero-order valence-corrected chi connectivity index (χ0v) is 30.5. The van der Waals surface area contributed by atoms with E-state index in [0.717, 1.165) is 27.3 Å². The molecule has 1 heterocycles. The largest absolute Gasteiger partial charge is 0.497 e. The van der Waals surface area contributed by atoms with Gasteiger partial charge in [-0.2, -0.15) is 0 Å². The summed E-state index contributed by atoms with van der Waals surface area (Å²) in [6.07, 6.45) is -0.149. The molecule has 0 bridgehead atoms. The molecule has 1 aliphatic rings. The molecule has 3 amide bonds. The molecule has 5 rings (SSSR count). The molecule has 1 saturated heterocycles. The van der Waals surface area contributed by atoms with Crippen LogP contribution in [0.2, 0.25) is 0 Å². The average Bonchev–Trinajstić information content (AvgIpc) is 3.15. The summed E-state index contributed by atoms with van der Waals surface area (Å²) in [7, 11) is -0.846. The molecule has 52 heavy (non-hydrogen) atoms. The van der Waals surface area contributed by atoms with Crippen molar-refractivity contribution in [2.24, 2.45) is 0 Å². The number of methoxy groups -OCH3 is 1. The second kappa shape index (κ2) is 16.9. The zero-order valence-electron chi connectivity index (χ0n) is 29.7. The Bertz CT molecular complexity index is 1960. The van der Waals surface area contributed by atoms with Gasteiger partial charge in [0.05, 0.1) is 37.2 Å². The first kappa shape index (κ1) is 38.0. The Morgan fingerprint density at radius 2 is 1.52 bits per heavy atom. The SMILES string of the molecule is COc1ccc(CN2CCNC([C@@H](O)[C@H](Cc3ccccc3)NC(=O)c3cc(C(=O)N[C@H](C)c4ccccc4)cc(N(C)S(C)(=O)=O)c3)C2=O)cc1. The van der Waals surface area contributed by atoms with Crippen molar-refractivity contribution in [1.82, 2.24) is 20.9 Å². The number of hydrogen-bond acceptors (Lipinski definition) is 8. The highest BCUT2D eigenvalue weighted by molar-refractivity contribution is 7.92. The quantitative estimate of drug-likeness (QED) is 0.154. The summed E-state index contributed by atoms with van der Waals surface area (Å²) in [6, 6.07) is 27.8. The highest BCUT2D eigenvalue weighted by Crippen LogP contribution is 2.23. The van der Waals surface area contributed by atoms with Gasteiger partial charge in [-0.3, -0.25) is 18.7 Å². The van der Waals surface area contributed by atoms with E-state index in [1.807, 2.05) is 91.9 Å². The fourth-order valence-electron chi connectivity index (χ4n) is 6.09. The summed E-state index contributed by atoms with van der Waals surface area (Å²) in [5.41, 5.74) is 2.75. The molecular weight excluding hydrogens is 683 g/mol. The summed E-state index contributed by atoms with van der Waals surface area (Å²) < 4.78 is 31.3. The molecule has 4 N–H and O–H groups in total. The van der Waals surface area contributed by atoms with Gasteiger partial charge in [-0.1, -0.05) is 72.8 Å². The number of benzene rings is 4. The van der Waals surface area contributed by atoms with Crippen molar-refractivity contribution in [1.29, 1.82) is 0 Å². The maximum atomic E-state index is 14.1. The van der Waals surface area contributed by atoms with Gasteiger partial charge in [0.2, 0.25) is 15.9 Å². The van der Waals surface area contributed by atoms with Gasteiger partial charge in [0.25, 0.3) is 11.8 Å². The number of sulfonamides is 1. The van der Waals surface area contributed by atoms with Gasteiger partial charge in [-0.15, -0.1) is 0 Å². The van der Waals surface area contributed by atoms with Crippen molar-refractivity contribution in [2.45, 2.75) is 44.1 Å². The molecule has 0 radical (unpaired) electrons. The normalized spacial score (nSPS) is 16.4. The third-order valence-corrected chi connectivity index (χ3v) is 10.4. The van der Waals surface area contributed by atoms with Crippen LogP contribution in [0.5, 0.6) is 5.75 Å². The Kier molecular flexibility index (Phi) is 12.3. The van der Waals surface area contributed by atoms with E-state index in [2.05, 4.69) is 16.0 Å². The summed E-state index contributed by atoms with van der Waals surface area (Å²) in [5, 5.41) is 20.8. The van der Waals surface area contributed by atoms with E-state index in [4.69, 9.17) is 4.74 Å². The van der Waals surface area contributed by atoms with Crippen molar-refractivity contribution in [3.8, 4) is 5.75 Å². The molecule has 4 atom stereocenters. The number of amides is 3. The number of carbonyl (C=O) groups excluding carboxylic acids is 3. The van der Waals surface area contributed by atoms with Crippen LogP contribution in [0.1, 0.15) is 50.4 Å². The van der Waals surface area contributed by atoms with E-state index >= 15 is 0 Å². The van der Waals surface area contributed by atoms with Crippen molar-refractivity contribution < 1.29 is 32.6 Å². The van der Waals surface area contributed by atoms with Crippen LogP contribution in [0, 0.1) is 0 Å². The number of rotatable bonds is 14. The predicted octanol–water partition coefficient (Wildman–Crippen LogP) is 3.28. The maximum Gasteiger partial charge on any atom is 0.251 e. The van der Waals surface area contributed by atoms with Crippen molar-refractivity contribution in [3.05, 3.63) is 131 Å². The third kappa shape index (κ3) is 9.55. The van der Waals surface area contributed by atoms with Crippen molar-refractivity contribution >= 4 is 33.4 Å². The van der Waals surface area contributed by atoms with Gasteiger partial charge in [0.15, 0.2) is 0 Å². The molecule has 0 saturated carbocycles. The Hall–Kier alpha value is -5.24. The second-order valence-corrected chi connectivity index (χ2v) is 14.9. The van der Waals surface area contributed by atoms with Gasteiger partial charge in [0, 0.05) is 37.8 Å². The summed E-state index contributed by atoms with van der Waals surface area (Å²) in [4.78, 5) is 43.1. The fraction of sp³-hybridized carbons (Fsp3) is 0.308. The standard InChI is InChI=1S/C39H45N5O7S/c1-26(29-13-9-6-10-14-29)41-37(46)30-22-31(24-32(23-30)43(2)52(4,49)50)38(47)42-34(21-27-11-7-5-8-12-27)36(45)35-39(48)44(20-19-40-35)25-28-15-17-33(51-3)18-16-28/h5-18,22-24,26,34-36,40,45H,19-21,25H2,1-4H3,(H,41,46)(H,42,47)/t26-,34+,35?,36+/m1/s1. The molecule has 1 unspecified atom stereocenters. The minimum Gasteiger partial charge on any atom is -0.497 e. The van der Waals surface area contributed by atoms with Gasteiger partial charge in [-0.25, -0.2) is 8.42 Å². The molecule has 1 fully saturated rings. The third-order valence-electron chi connectivity index (χ3n) is 9.18. The van der Waals surface area contributed by atoms with Crippen LogP contribution in [0.25, 0.3) is 0 Å².